The lowest BCUT2D eigenvalue weighted by molar-refractivity contribution is 0.0471. The molecular weight excluding hydrogens is 318 g/mol. The Morgan fingerprint density at radius 1 is 0.808 bits per heavy atom. The summed E-state index contributed by atoms with van der Waals surface area (Å²) in [7, 11) is 0. The molecular formula is C23H23N3. The third-order valence-electron chi connectivity index (χ3n) is 5.76. The number of nitrogens with zero attached hydrogens (tertiary/aromatic N) is 2. The highest BCUT2D eigenvalue weighted by atomic mass is 15.3. The smallest absolute Gasteiger partial charge is 0.0282 e. The minimum absolute atomic E-state index is 0.573. The molecule has 1 aromatic heterocycles. The summed E-state index contributed by atoms with van der Waals surface area (Å²) in [5.41, 5.74) is 5.37. The zero-order chi connectivity index (χ0) is 17.3. The van der Waals surface area contributed by atoms with Crippen molar-refractivity contribution in [2.45, 2.75) is 24.5 Å². The Hall–Kier alpha value is -2.49. The van der Waals surface area contributed by atoms with Gasteiger partial charge in [0.1, 0.15) is 0 Å². The van der Waals surface area contributed by atoms with E-state index in [0.29, 0.717) is 18.0 Å². The largest absolute Gasteiger partial charge is 0.307 e. The third kappa shape index (κ3) is 2.94. The standard InChI is InChI=1S/C23H23N3/c1-2-4-17(5-3-1)14-26-15-21-23(22(16-26)25-21)20-8-6-18(7-9-20)19-10-12-24-13-11-19/h1-13,21-23,25H,14-16H2/t21-,22+,23?. The summed E-state index contributed by atoms with van der Waals surface area (Å²) in [4.78, 5) is 6.69. The van der Waals surface area contributed by atoms with E-state index >= 15 is 0 Å². The molecule has 3 aliphatic rings. The van der Waals surface area contributed by atoms with Crippen LogP contribution in [-0.4, -0.2) is 35.1 Å². The van der Waals surface area contributed by atoms with Crippen molar-refractivity contribution in [2.75, 3.05) is 13.1 Å². The first-order chi connectivity index (χ1) is 12.9. The molecule has 3 atom stereocenters. The van der Waals surface area contributed by atoms with Crippen molar-refractivity contribution in [3.8, 4) is 11.1 Å². The fourth-order valence-corrected chi connectivity index (χ4v) is 4.49. The predicted octanol–water partition coefficient (Wildman–Crippen LogP) is 3.69. The first-order valence-corrected chi connectivity index (χ1v) is 9.39. The molecule has 0 spiro atoms. The van der Waals surface area contributed by atoms with E-state index in [0.717, 1.165) is 19.6 Å². The zero-order valence-electron chi connectivity index (χ0n) is 14.8. The Kier molecular flexibility index (Phi) is 4.04. The van der Waals surface area contributed by atoms with Crippen LogP contribution in [0.5, 0.6) is 0 Å². The maximum Gasteiger partial charge on any atom is 0.0282 e. The van der Waals surface area contributed by atoms with E-state index in [1.807, 2.05) is 12.4 Å². The molecule has 1 N–H and O–H groups in total. The number of benzene rings is 2. The summed E-state index contributed by atoms with van der Waals surface area (Å²) < 4.78 is 0. The quantitative estimate of drug-likeness (QED) is 0.784. The van der Waals surface area contributed by atoms with E-state index in [-0.39, 0.29) is 0 Å². The van der Waals surface area contributed by atoms with E-state index in [2.05, 4.69) is 81.9 Å². The van der Waals surface area contributed by atoms with Crippen LogP contribution in [0.15, 0.2) is 79.1 Å². The summed E-state index contributed by atoms with van der Waals surface area (Å²) in [5.74, 6) is 0.647. The lowest BCUT2D eigenvalue weighted by Crippen LogP contribution is -2.71. The zero-order valence-corrected chi connectivity index (χ0v) is 14.8. The minimum Gasteiger partial charge on any atom is -0.307 e. The number of pyridine rings is 1. The number of piperazine rings is 1. The number of piperidine rings is 1. The first-order valence-electron chi connectivity index (χ1n) is 9.39. The van der Waals surface area contributed by atoms with Crippen LogP contribution in [0.3, 0.4) is 0 Å². The molecule has 2 aromatic carbocycles. The van der Waals surface area contributed by atoms with Crippen molar-refractivity contribution in [1.82, 2.24) is 15.2 Å². The molecule has 3 fully saturated rings. The Bertz CT molecular complexity index is 849. The van der Waals surface area contributed by atoms with Crippen LogP contribution in [0.25, 0.3) is 11.1 Å². The van der Waals surface area contributed by atoms with Crippen LogP contribution >= 0.6 is 0 Å². The Morgan fingerprint density at radius 2 is 1.46 bits per heavy atom. The van der Waals surface area contributed by atoms with E-state index in [1.165, 1.54) is 22.3 Å². The molecule has 3 aliphatic heterocycles. The van der Waals surface area contributed by atoms with Gasteiger partial charge in [-0.1, -0.05) is 54.6 Å². The molecule has 0 amide bonds. The lowest BCUT2D eigenvalue weighted by atomic mass is 9.74. The van der Waals surface area contributed by atoms with Gasteiger partial charge in [-0.3, -0.25) is 9.88 Å². The molecule has 0 radical (unpaired) electrons. The van der Waals surface area contributed by atoms with Crippen molar-refractivity contribution in [2.24, 2.45) is 0 Å². The van der Waals surface area contributed by atoms with Gasteiger partial charge in [-0.25, -0.2) is 0 Å². The van der Waals surface area contributed by atoms with Gasteiger partial charge in [0.05, 0.1) is 0 Å². The molecule has 0 saturated carbocycles. The molecule has 26 heavy (non-hydrogen) atoms. The fraction of sp³-hybridized carbons (Fsp3) is 0.261. The lowest BCUT2D eigenvalue weighted by Gasteiger charge is -2.55. The molecule has 0 aliphatic carbocycles. The Morgan fingerprint density at radius 3 is 2.15 bits per heavy atom. The van der Waals surface area contributed by atoms with Crippen LogP contribution in [-0.2, 0) is 6.54 Å². The van der Waals surface area contributed by atoms with Crippen LogP contribution in [0.4, 0.5) is 0 Å². The second-order valence-electron chi connectivity index (χ2n) is 7.44. The van der Waals surface area contributed by atoms with Crippen LogP contribution in [0.2, 0.25) is 0 Å². The molecule has 3 nitrogen and oxygen atoms in total. The second kappa shape index (κ2) is 6.67. The van der Waals surface area contributed by atoms with Gasteiger partial charge in [-0.15, -0.1) is 0 Å². The van der Waals surface area contributed by atoms with Gasteiger partial charge in [0, 0.05) is 50.0 Å². The van der Waals surface area contributed by atoms with E-state index in [4.69, 9.17) is 0 Å². The molecule has 130 valence electrons. The van der Waals surface area contributed by atoms with E-state index < -0.39 is 0 Å². The molecule has 6 rings (SSSR count). The summed E-state index contributed by atoms with van der Waals surface area (Å²) in [6.07, 6.45) is 3.70. The Labute approximate surface area is 154 Å². The van der Waals surface area contributed by atoms with Crippen molar-refractivity contribution in [3.63, 3.8) is 0 Å². The molecule has 1 unspecified atom stereocenters. The van der Waals surface area contributed by atoms with E-state index in [9.17, 15) is 0 Å². The fourth-order valence-electron chi connectivity index (χ4n) is 4.49. The maximum absolute atomic E-state index is 4.10. The van der Waals surface area contributed by atoms with Crippen LogP contribution in [0.1, 0.15) is 17.0 Å². The minimum atomic E-state index is 0.573. The highest BCUT2D eigenvalue weighted by Crippen LogP contribution is 2.37. The van der Waals surface area contributed by atoms with Crippen molar-refractivity contribution < 1.29 is 0 Å². The molecule has 3 saturated heterocycles. The van der Waals surface area contributed by atoms with Gasteiger partial charge in [-0.2, -0.15) is 0 Å². The number of hydrogen-bond acceptors (Lipinski definition) is 3. The molecule has 4 heterocycles. The van der Waals surface area contributed by atoms with Gasteiger partial charge in [0.25, 0.3) is 0 Å². The summed E-state index contributed by atoms with van der Waals surface area (Å²) in [6.45, 7) is 3.31. The Balaban J connectivity index is 1.27. The molecule has 3 heteroatoms. The maximum atomic E-state index is 4.10. The normalized spacial score (nSPS) is 24.8. The average molecular weight is 341 g/mol. The van der Waals surface area contributed by atoms with Gasteiger partial charge in [0.2, 0.25) is 0 Å². The van der Waals surface area contributed by atoms with Crippen molar-refractivity contribution in [1.29, 1.82) is 0 Å². The van der Waals surface area contributed by atoms with Gasteiger partial charge >= 0.3 is 0 Å². The monoisotopic (exact) mass is 341 g/mol. The molecule has 2 bridgehead atoms. The summed E-state index contributed by atoms with van der Waals surface area (Å²) >= 11 is 0. The number of aromatic nitrogens is 1. The number of rotatable bonds is 4. The highest BCUT2D eigenvalue weighted by molar-refractivity contribution is 5.63. The SMILES string of the molecule is c1ccc(CN2C[C@@H]3N[C@H](C2)C3c2ccc(-c3ccncc3)cc2)cc1. The number of fused-ring (bicyclic) bond motifs is 2. The average Bonchev–Trinajstić information content (AvgIpc) is 2.70. The highest BCUT2D eigenvalue weighted by Gasteiger charge is 2.46. The first kappa shape index (κ1) is 15.7. The third-order valence-corrected chi connectivity index (χ3v) is 5.76. The topological polar surface area (TPSA) is 28.2 Å². The van der Waals surface area contributed by atoms with Crippen molar-refractivity contribution >= 4 is 0 Å². The van der Waals surface area contributed by atoms with Crippen LogP contribution < -0.4 is 5.32 Å². The number of nitrogens with one attached hydrogen (secondary N) is 1. The summed E-state index contributed by atoms with van der Waals surface area (Å²) in [6, 6.07) is 25.2. The second-order valence-corrected chi connectivity index (χ2v) is 7.44. The van der Waals surface area contributed by atoms with Gasteiger partial charge < -0.3 is 5.32 Å². The van der Waals surface area contributed by atoms with Gasteiger partial charge in [-0.05, 0) is 34.4 Å². The number of hydrogen-bond donors (Lipinski definition) is 1. The molecule has 3 aromatic rings. The van der Waals surface area contributed by atoms with Crippen LogP contribution in [0, 0.1) is 0 Å². The van der Waals surface area contributed by atoms with E-state index in [1.54, 1.807) is 0 Å². The predicted molar refractivity (Wildman–Crippen MR) is 105 cm³/mol. The van der Waals surface area contributed by atoms with Gasteiger partial charge in [0.15, 0.2) is 0 Å². The summed E-state index contributed by atoms with van der Waals surface area (Å²) in [5, 5.41) is 3.74. The van der Waals surface area contributed by atoms with Crippen molar-refractivity contribution in [3.05, 3.63) is 90.3 Å².